The molecule has 7 rings (SSSR count). The SMILES string of the molecule is O=C(C1CC1c1ccccc1)N(CC(=O)N1c2ccccc2-n2cccc2C1c1ccc(F)cc1)C1CC1. The van der Waals surface area contributed by atoms with Gasteiger partial charge in [0, 0.05) is 18.2 Å². The topological polar surface area (TPSA) is 45.6 Å². The molecule has 0 N–H and O–H groups in total. The number of nitrogens with zero attached hydrogens (tertiary/aromatic N) is 3. The first-order valence-electron chi connectivity index (χ1n) is 13.3. The Kier molecular flexibility index (Phi) is 5.43. The highest BCUT2D eigenvalue weighted by atomic mass is 19.1. The Bertz CT molecular complexity index is 1510. The van der Waals surface area contributed by atoms with E-state index in [4.69, 9.17) is 0 Å². The van der Waals surface area contributed by atoms with E-state index in [0.29, 0.717) is 0 Å². The van der Waals surface area contributed by atoms with Crippen LogP contribution in [0.15, 0.2) is 97.2 Å². The summed E-state index contributed by atoms with van der Waals surface area (Å²) in [5.74, 6) is -0.199. The number of halogens is 1. The molecule has 0 bridgehead atoms. The lowest BCUT2D eigenvalue weighted by atomic mass is 9.97. The van der Waals surface area contributed by atoms with E-state index in [-0.39, 0.29) is 42.1 Å². The highest BCUT2D eigenvalue weighted by molar-refractivity contribution is 6.01. The Balaban J connectivity index is 1.22. The number of para-hydroxylation sites is 2. The summed E-state index contributed by atoms with van der Waals surface area (Å²) in [6.07, 6.45) is 4.69. The largest absolute Gasteiger partial charge is 0.330 e. The Morgan fingerprint density at radius 3 is 2.26 bits per heavy atom. The monoisotopic (exact) mass is 505 g/mol. The van der Waals surface area contributed by atoms with Gasteiger partial charge in [-0.05, 0) is 72.7 Å². The molecule has 3 aromatic carbocycles. The fourth-order valence-electron chi connectivity index (χ4n) is 5.97. The second-order valence-electron chi connectivity index (χ2n) is 10.6. The predicted molar refractivity (Wildman–Crippen MR) is 144 cm³/mol. The molecule has 0 spiro atoms. The zero-order valence-corrected chi connectivity index (χ0v) is 20.9. The van der Waals surface area contributed by atoms with Gasteiger partial charge in [0.25, 0.3) is 0 Å². The van der Waals surface area contributed by atoms with E-state index in [1.54, 1.807) is 12.1 Å². The molecule has 4 aromatic rings. The van der Waals surface area contributed by atoms with E-state index in [9.17, 15) is 14.0 Å². The minimum absolute atomic E-state index is 0.0360. The molecule has 2 fully saturated rings. The third kappa shape index (κ3) is 3.92. The molecule has 2 heterocycles. The van der Waals surface area contributed by atoms with Gasteiger partial charge in [-0.2, -0.15) is 0 Å². The van der Waals surface area contributed by atoms with Gasteiger partial charge < -0.3 is 9.47 Å². The van der Waals surface area contributed by atoms with Crippen LogP contribution in [-0.4, -0.2) is 33.9 Å². The summed E-state index contributed by atoms with van der Waals surface area (Å²) in [5.41, 5.74) is 4.64. The van der Waals surface area contributed by atoms with Crippen LogP contribution in [0.25, 0.3) is 5.69 Å². The number of carbonyl (C=O) groups is 2. The highest BCUT2D eigenvalue weighted by Crippen LogP contribution is 2.49. The van der Waals surface area contributed by atoms with Crippen molar-refractivity contribution in [2.45, 2.75) is 37.3 Å². The molecule has 0 saturated heterocycles. The smallest absolute Gasteiger partial charge is 0.247 e. The van der Waals surface area contributed by atoms with Gasteiger partial charge in [0.15, 0.2) is 0 Å². The predicted octanol–water partition coefficient (Wildman–Crippen LogP) is 5.85. The Hall–Kier alpha value is -4.19. The maximum absolute atomic E-state index is 14.2. The molecule has 1 aromatic heterocycles. The van der Waals surface area contributed by atoms with Crippen molar-refractivity contribution in [1.29, 1.82) is 0 Å². The molecule has 3 unspecified atom stereocenters. The van der Waals surface area contributed by atoms with E-state index in [2.05, 4.69) is 16.7 Å². The molecule has 1 aliphatic heterocycles. The van der Waals surface area contributed by atoms with Crippen LogP contribution in [-0.2, 0) is 9.59 Å². The highest BCUT2D eigenvalue weighted by Gasteiger charge is 2.49. The molecule has 6 heteroatoms. The normalized spacial score (nSPS) is 21.4. The van der Waals surface area contributed by atoms with Crippen LogP contribution in [0.2, 0.25) is 0 Å². The minimum Gasteiger partial charge on any atom is -0.330 e. The first-order chi connectivity index (χ1) is 18.6. The summed E-state index contributed by atoms with van der Waals surface area (Å²) < 4.78 is 15.9. The van der Waals surface area contributed by atoms with Crippen LogP contribution >= 0.6 is 0 Å². The molecule has 2 aliphatic carbocycles. The second-order valence-corrected chi connectivity index (χ2v) is 10.6. The molecular weight excluding hydrogens is 477 g/mol. The van der Waals surface area contributed by atoms with Crippen LogP contribution in [0.3, 0.4) is 0 Å². The Morgan fingerprint density at radius 2 is 1.53 bits per heavy atom. The fourth-order valence-corrected chi connectivity index (χ4v) is 5.97. The van der Waals surface area contributed by atoms with Crippen LogP contribution in [0, 0.1) is 11.7 Å². The Morgan fingerprint density at radius 1 is 0.816 bits per heavy atom. The summed E-state index contributed by atoms with van der Waals surface area (Å²) >= 11 is 0. The summed E-state index contributed by atoms with van der Waals surface area (Å²) in [5, 5.41) is 0. The number of aromatic nitrogens is 1. The fraction of sp³-hybridized carbons (Fsp3) is 0.250. The van der Waals surface area contributed by atoms with Crippen molar-refractivity contribution in [3.8, 4) is 5.69 Å². The van der Waals surface area contributed by atoms with E-state index in [0.717, 1.165) is 41.9 Å². The van der Waals surface area contributed by atoms with Crippen LogP contribution < -0.4 is 4.90 Å². The standard InChI is InChI=1S/C32H28FN3O2/c33-23-14-12-22(13-15-23)31-29-11-6-18-34(29)27-9-4-5-10-28(27)36(31)30(37)20-35(24-16-17-24)32(38)26-19-25(26)21-7-2-1-3-8-21/h1-15,18,24-26,31H,16-17,19-20H2. The van der Waals surface area contributed by atoms with Crippen molar-refractivity contribution < 1.29 is 14.0 Å². The lowest BCUT2D eigenvalue weighted by Gasteiger charge is -2.39. The summed E-state index contributed by atoms with van der Waals surface area (Å²) in [6, 6.07) is 28.0. The molecular formula is C32H28FN3O2. The number of carbonyl (C=O) groups excluding carboxylic acids is 2. The van der Waals surface area contributed by atoms with Gasteiger partial charge in [-0.1, -0.05) is 54.6 Å². The quantitative estimate of drug-likeness (QED) is 0.330. The van der Waals surface area contributed by atoms with Gasteiger partial charge in [0.2, 0.25) is 11.8 Å². The lowest BCUT2D eigenvalue weighted by Crippen LogP contribution is -2.47. The van der Waals surface area contributed by atoms with Gasteiger partial charge in [0.1, 0.15) is 18.4 Å². The first-order valence-corrected chi connectivity index (χ1v) is 13.3. The third-order valence-electron chi connectivity index (χ3n) is 8.09. The number of fused-ring (bicyclic) bond motifs is 3. The zero-order valence-electron chi connectivity index (χ0n) is 20.9. The first kappa shape index (κ1) is 23.0. The van der Waals surface area contributed by atoms with Gasteiger partial charge in [0.05, 0.1) is 17.1 Å². The van der Waals surface area contributed by atoms with Crippen molar-refractivity contribution >= 4 is 17.5 Å². The average molecular weight is 506 g/mol. The summed E-state index contributed by atoms with van der Waals surface area (Å²) in [4.78, 5) is 31.6. The number of amides is 2. The van der Waals surface area contributed by atoms with Crippen molar-refractivity contribution in [2.24, 2.45) is 5.92 Å². The molecule has 5 nitrogen and oxygen atoms in total. The third-order valence-corrected chi connectivity index (χ3v) is 8.09. The van der Waals surface area contributed by atoms with Crippen molar-refractivity contribution in [3.63, 3.8) is 0 Å². The lowest BCUT2D eigenvalue weighted by molar-refractivity contribution is -0.137. The second kappa shape index (κ2) is 8.98. The maximum atomic E-state index is 14.2. The summed E-state index contributed by atoms with van der Waals surface area (Å²) in [7, 11) is 0. The average Bonchev–Trinajstić information content (AvgIpc) is 3.88. The maximum Gasteiger partial charge on any atom is 0.247 e. The van der Waals surface area contributed by atoms with E-state index >= 15 is 0 Å². The molecule has 38 heavy (non-hydrogen) atoms. The zero-order chi connectivity index (χ0) is 25.8. The molecule has 0 radical (unpaired) electrons. The van der Waals surface area contributed by atoms with Gasteiger partial charge >= 0.3 is 0 Å². The van der Waals surface area contributed by atoms with Gasteiger partial charge in [-0.3, -0.25) is 14.5 Å². The number of hydrogen-bond acceptors (Lipinski definition) is 2. The molecule has 190 valence electrons. The minimum atomic E-state index is -0.429. The van der Waals surface area contributed by atoms with Crippen LogP contribution in [0.1, 0.15) is 48.0 Å². The van der Waals surface area contributed by atoms with Gasteiger partial charge in [-0.15, -0.1) is 0 Å². The number of benzene rings is 3. The summed E-state index contributed by atoms with van der Waals surface area (Å²) in [6.45, 7) is 0.0360. The number of anilines is 1. The van der Waals surface area contributed by atoms with Crippen molar-refractivity contribution in [3.05, 3.63) is 120 Å². The molecule has 3 aliphatic rings. The van der Waals surface area contributed by atoms with Crippen molar-refractivity contribution in [2.75, 3.05) is 11.4 Å². The van der Waals surface area contributed by atoms with Crippen LogP contribution in [0.4, 0.5) is 10.1 Å². The number of hydrogen-bond donors (Lipinski definition) is 0. The molecule has 2 amide bonds. The molecule has 3 atom stereocenters. The number of rotatable bonds is 6. The van der Waals surface area contributed by atoms with E-state index in [1.807, 2.05) is 70.6 Å². The molecule has 2 saturated carbocycles. The van der Waals surface area contributed by atoms with Crippen molar-refractivity contribution in [1.82, 2.24) is 9.47 Å². The van der Waals surface area contributed by atoms with E-state index in [1.165, 1.54) is 17.7 Å². The Labute approximate surface area is 221 Å². The van der Waals surface area contributed by atoms with Crippen LogP contribution in [0.5, 0.6) is 0 Å². The van der Waals surface area contributed by atoms with Gasteiger partial charge in [-0.25, -0.2) is 4.39 Å². The van der Waals surface area contributed by atoms with E-state index < -0.39 is 6.04 Å².